The second-order valence-corrected chi connectivity index (χ2v) is 3.38. The molecule has 1 rings (SSSR count). The second kappa shape index (κ2) is 4.83. The smallest absolute Gasteiger partial charge is 0.314 e. The van der Waals surface area contributed by atoms with E-state index in [1.165, 1.54) is 4.57 Å². The van der Waals surface area contributed by atoms with Crippen molar-refractivity contribution in [3.8, 4) is 0 Å². The highest BCUT2D eigenvalue weighted by atomic mass is 35.5. The van der Waals surface area contributed by atoms with E-state index in [-0.39, 0.29) is 11.7 Å². The molecule has 0 aliphatic heterocycles. The number of hydrogen-bond acceptors (Lipinski definition) is 2. The monoisotopic (exact) mass is 241 g/mol. The molecule has 0 fully saturated rings. The maximum atomic E-state index is 12.2. The van der Waals surface area contributed by atoms with Gasteiger partial charge >= 0.3 is 6.18 Å². The lowest BCUT2D eigenvalue weighted by molar-refractivity contribution is -0.129. The van der Waals surface area contributed by atoms with Crippen LogP contribution >= 0.6 is 11.6 Å². The lowest BCUT2D eigenvalue weighted by atomic mass is 10.3. The summed E-state index contributed by atoms with van der Waals surface area (Å²) in [5, 5.41) is 7.12. The van der Waals surface area contributed by atoms with E-state index in [4.69, 9.17) is 11.6 Å². The van der Waals surface area contributed by atoms with Gasteiger partial charge in [-0.15, -0.1) is 21.8 Å². The fourth-order valence-corrected chi connectivity index (χ4v) is 1.46. The van der Waals surface area contributed by atoms with Crippen LogP contribution in [0.25, 0.3) is 0 Å². The molecule has 0 N–H and O–H groups in total. The molecule has 0 saturated carbocycles. The largest absolute Gasteiger partial charge is 0.396 e. The normalized spacial score (nSPS) is 12.1. The van der Waals surface area contributed by atoms with Crippen LogP contribution in [0.5, 0.6) is 0 Å². The molecule has 3 nitrogen and oxygen atoms in total. The fourth-order valence-electron chi connectivity index (χ4n) is 1.26. The van der Waals surface area contributed by atoms with Gasteiger partial charge in [0, 0.05) is 6.54 Å². The van der Waals surface area contributed by atoms with Gasteiger partial charge in [-0.3, -0.25) is 0 Å². The molecule has 1 aromatic heterocycles. The van der Waals surface area contributed by atoms with Crippen LogP contribution in [0, 0.1) is 0 Å². The molecule has 1 heterocycles. The van der Waals surface area contributed by atoms with Crippen LogP contribution in [0.15, 0.2) is 0 Å². The number of hydrogen-bond donors (Lipinski definition) is 0. The van der Waals surface area contributed by atoms with Gasteiger partial charge < -0.3 is 4.57 Å². The summed E-state index contributed by atoms with van der Waals surface area (Å²) in [6.45, 7) is 2.33. The molecule has 0 unspecified atom stereocenters. The average molecular weight is 242 g/mol. The summed E-state index contributed by atoms with van der Waals surface area (Å²) in [7, 11) is 0. The third-order valence-corrected chi connectivity index (χ3v) is 2.07. The molecule has 0 spiro atoms. The van der Waals surface area contributed by atoms with Crippen LogP contribution < -0.4 is 0 Å². The Balaban J connectivity index is 2.91. The van der Waals surface area contributed by atoms with Crippen molar-refractivity contribution >= 4 is 11.6 Å². The topological polar surface area (TPSA) is 30.7 Å². The molecule has 15 heavy (non-hydrogen) atoms. The summed E-state index contributed by atoms with van der Waals surface area (Å²) in [5.74, 6) is 0.392. The third kappa shape index (κ3) is 3.37. The summed E-state index contributed by atoms with van der Waals surface area (Å²) in [6, 6.07) is 0. The van der Waals surface area contributed by atoms with Crippen LogP contribution in [0.2, 0.25) is 0 Å². The average Bonchev–Trinajstić information content (AvgIpc) is 2.47. The summed E-state index contributed by atoms with van der Waals surface area (Å²) in [5.41, 5.74) is 0. The van der Waals surface area contributed by atoms with Crippen LogP contribution in [0.4, 0.5) is 13.2 Å². The maximum absolute atomic E-state index is 12.2. The van der Waals surface area contributed by atoms with E-state index in [0.29, 0.717) is 18.8 Å². The molecule has 0 aliphatic carbocycles. The quantitative estimate of drug-likeness (QED) is 0.759. The van der Waals surface area contributed by atoms with Crippen molar-refractivity contribution in [1.82, 2.24) is 14.8 Å². The van der Waals surface area contributed by atoms with Crippen molar-refractivity contribution in [2.75, 3.05) is 0 Å². The first kappa shape index (κ1) is 12.3. The zero-order valence-electron chi connectivity index (χ0n) is 8.18. The van der Waals surface area contributed by atoms with E-state index < -0.39 is 12.6 Å². The minimum absolute atomic E-state index is 0.0694. The highest BCUT2D eigenvalue weighted by Gasteiger charge is 2.31. The number of nitrogens with zero attached hydrogens (tertiary/aromatic N) is 3. The Morgan fingerprint density at radius 1 is 1.27 bits per heavy atom. The van der Waals surface area contributed by atoms with E-state index in [9.17, 15) is 13.2 Å². The predicted octanol–water partition coefficient (Wildman–Crippen LogP) is 2.53. The Labute approximate surface area is 90.2 Å². The van der Waals surface area contributed by atoms with Crippen molar-refractivity contribution in [2.24, 2.45) is 0 Å². The molecule has 7 heteroatoms. The van der Waals surface area contributed by atoms with Gasteiger partial charge in [-0.25, -0.2) is 0 Å². The molecular formula is C8H11ClF3N3. The number of halogens is 4. The molecule has 0 aromatic carbocycles. The fraction of sp³-hybridized carbons (Fsp3) is 0.750. The molecule has 86 valence electrons. The van der Waals surface area contributed by atoms with Gasteiger partial charge in [-0.05, 0) is 6.42 Å². The number of alkyl halides is 4. The molecular weight excluding hydrogens is 231 g/mol. The first-order valence-electron chi connectivity index (χ1n) is 4.51. The van der Waals surface area contributed by atoms with E-state index in [1.54, 1.807) is 0 Å². The molecule has 0 radical (unpaired) electrons. The highest BCUT2D eigenvalue weighted by molar-refractivity contribution is 6.16. The summed E-state index contributed by atoms with van der Waals surface area (Å²) < 4.78 is 37.9. The predicted molar refractivity (Wildman–Crippen MR) is 49.6 cm³/mol. The van der Waals surface area contributed by atoms with Gasteiger partial charge in [0.15, 0.2) is 0 Å². The maximum Gasteiger partial charge on any atom is 0.396 e. The molecule has 0 amide bonds. The van der Waals surface area contributed by atoms with Crippen LogP contribution in [0.1, 0.15) is 25.0 Å². The Morgan fingerprint density at radius 3 is 2.33 bits per heavy atom. The van der Waals surface area contributed by atoms with Crippen molar-refractivity contribution < 1.29 is 13.2 Å². The minimum Gasteiger partial charge on any atom is -0.314 e. The van der Waals surface area contributed by atoms with Gasteiger partial charge in [0.1, 0.15) is 18.1 Å². The van der Waals surface area contributed by atoms with E-state index in [0.717, 1.165) is 0 Å². The first-order chi connectivity index (χ1) is 6.98. The minimum atomic E-state index is -4.26. The SMILES string of the molecule is CCCn1c(CCl)nnc1CC(F)(F)F. The molecule has 1 aromatic rings. The van der Waals surface area contributed by atoms with Gasteiger partial charge in [0.05, 0.1) is 5.88 Å². The molecule has 0 bridgehead atoms. The number of aromatic nitrogens is 3. The van der Waals surface area contributed by atoms with E-state index >= 15 is 0 Å². The van der Waals surface area contributed by atoms with E-state index in [1.807, 2.05) is 6.92 Å². The Bertz CT molecular complexity index is 321. The van der Waals surface area contributed by atoms with Crippen LogP contribution in [-0.2, 0) is 18.8 Å². The standard InChI is InChI=1S/C8H11ClF3N3/c1-2-3-15-6(4-8(10,11)12)13-14-7(15)5-9/h2-5H2,1H3. The Morgan fingerprint density at radius 2 is 1.87 bits per heavy atom. The zero-order valence-corrected chi connectivity index (χ0v) is 8.94. The van der Waals surface area contributed by atoms with Crippen LogP contribution in [-0.4, -0.2) is 20.9 Å². The van der Waals surface area contributed by atoms with E-state index in [2.05, 4.69) is 10.2 Å². The third-order valence-electron chi connectivity index (χ3n) is 1.83. The van der Waals surface area contributed by atoms with Crippen molar-refractivity contribution in [3.05, 3.63) is 11.6 Å². The van der Waals surface area contributed by atoms with Gasteiger partial charge in [-0.2, -0.15) is 13.2 Å². The van der Waals surface area contributed by atoms with Gasteiger partial charge in [0.25, 0.3) is 0 Å². The molecule has 0 saturated heterocycles. The van der Waals surface area contributed by atoms with Crippen molar-refractivity contribution in [2.45, 2.75) is 38.4 Å². The molecule has 0 atom stereocenters. The highest BCUT2D eigenvalue weighted by Crippen LogP contribution is 2.21. The molecule has 0 aliphatic rings. The summed E-state index contributed by atoms with van der Waals surface area (Å²) in [4.78, 5) is 0. The lowest BCUT2D eigenvalue weighted by Gasteiger charge is -2.09. The second-order valence-electron chi connectivity index (χ2n) is 3.11. The van der Waals surface area contributed by atoms with Crippen molar-refractivity contribution in [3.63, 3.8) is 0 Å². The lowest BCUT2D eigenvalue weighted by Crippen LogP contribution is -2.17. The zero-order chi connectivity index (χ0) is 11.5. The summed E-state index contributed by atoms with van der Waals surface area (Å²) in [6.07, 6.45) is -4.61. The van der Waals surface area contributed by atoms with Gasteiger partial charge in [-0.1, -0.05) is 6.92 Å². The van der Waals surface area contributed by atoms with Crippen LogP contribution in [0.3, 0.4) is 0 Å². The van der Waals surface area contributed by atoms with Crippen molar-refractivity contribution in [1.29, 1.82) is 0 Å². The Kier molecular flexibility index (Phi) is 3.96. The number of rotatable bonds is 4. The van der Waals surface area contributed by atoms with Gasteiger partial charge in [0.2, 0.25) is 0 Å². The Hall–Kier alpha value is -0.780. The summed E-state index contributed by atoms with van der Waals surface area (Å²) >= 11 is 5.55. The first-order valence-corrected chi connectivity index (χ1v) is 5.05.